The lowest BCUT2D eigenvalue weighted by molar-refractivity contribution is 0.178. The summed E-state index contributed by atoms with van der Waals surface area (Å²) >= 11 is 0. The van der Waals surface area contributed by atoms with Crippen molar-refractivity contribution in [1.82, 2.24) is 9.55 Å². The molecule has 2 aromatic carbocycles. The second-order valence-electron chi connectivity index (χ2n) is 6.78. The molecule has 0 saturated carbocycles. The standard InChI is InChI=1S/C21H22N2O2/c24-19(13-15-7-3-1-4-8-15)16-10-11-17-18(14-16)22-20-9-5-2-6-12-23(20)21(17)25/h1,3-4,7-8,10-11,14,19,24H,2,5-6,9,12-13H2. The fourth-order valence-electron chi connectivity index (χ4n) is 3.60. The molecule has 0 fully saturated rings. The van der Waals surface area contributed by atoms with Crippen LogP contribution in [-0.2, 0) is 19.4 Å². The first-order valence-corrected chi connectivity index (χ1v) is 8.98. The lowest BCUT2D eigenvalue weighted by atomic mass is 10.0. The summed E-state index contributed by atoms with van der Waals surface area (Å²) in [6.07, 6.45) is 4.05. The van der Waals surface area contributed by atoms with E-state index in [-0.39, 0.29) is 5.56 Å². The predicted molar refractivity (Wildman–Crippen MR) is 98.7 cm³/mol. The number of aliphatic hydroxyl groups is 1. The molecule has 0 aliphatic carbocycles. The molecule has 0 spiro atoms. The van der Waals surface area contributed by atoms with Crippen molar-refractivity contribution in [1.29, 1.82) is 0 Å². The molecule has 0 radical (unpaired) electrons. The molecule has 1 aliphatic heterocycles. The van der Waals surface area contributed by atoms with Crippen molar-refractivity contribution in [2.75, 3.05) is 0 Å². The van der Waals surface area contributed by atoms with Gasteiger partial charge in [0.15, 0.2) is 0 Å². The Morgan fingerprint density at radius 2 is 1.92 bits per heavy atom. The molecule has 1 aliphatic rings. The van der Waals surface area contributed by atoms with Crippen molar-refractivity contribution in [3.63, 3.8) is 0 Å². The van der Waals surface area contributed by atoms with Gasteiger partial charge < -0.3 is 5.11 Å². The van der Waals surface area contributed by atoms with Crippen LogP contribution in [0, 0.1) is 0 Å². The molecule has 2 heterocycles. The molecule has 0 amide bonds. The Morgan fingerprint density at radius 3 is 2.76 bits per heavy atom. The number of benzene rings is 2. The number of aliphatic hydroxyl groups excluding tert-OH is 1. The van der Waals surface area contributed by atoms with Gasteiger partial charge >= 0.3 is 0 Å². The van der Waals surface area contributed by atoms with Gasteiger partial charge in [-0.2, -0.15) is 0 Å². The van der Waals surface area contributed by atoms with E-state index in [2.05, 4.69) is 0 Å². The molecule has 1 atom stereocenters. The maximum atomic E-state index is 12.8. The molecule has 3 aromatic rings. The quantitative estimate of drug-likeness (QED) is 0.799. The zero-order valence-corrected chi connectivity index (χ0v) is 14.2. The van der Waals surface area contributed by atoms with Gasteiger partial charge in [-0.25, -0.2) is 4.98 Å². The highest BCUT2D eigenvalue weighted by atomic mass is 16.3. The normalized spacial score (nSPS) is 15.6. The largest absolute Gasteiger partial charge is 0.388 e. The average molecular weight is 334 g/mol. The number of nitrogens with zero attached hydrogens (tertiary/aromatic N) is 2. The molecular formula is C21H22N2O2. The Morgan fingerprint density at radius 1 is 1.08 bits per heavy atom. The number of aromatic nitrogens is 2. The summed E-state index contributed by atoms with van der Waals surface area (Å²) in [5.74, 6) is 0.879. The second-order valence-corrected chi connectivity index (χ2v) is 6.78. The summed E-state index contributed by atoms with van der Waals surface area (Å²) in [5, 5.41) is 11.2. The third kappa shape index (κ3) is 3.22. The minimum atomic E-state index is -0.602. The molecule has 0 saturated heterocycles. The van der Waals surface area contributed by atoms with Crippen LogP contribution in [0.3, 0.4) is 0 Å². The monoisotopic (exact) mass is 334 g/mol. The minimum absolute atomic E-state index is 0.0472. The van der Waals surface area contributed by atoms with Crippen LogP contribution in [0.15, 0.2) is 53.3 Å². The molecule has 4 nitrogen and oxygen atoms in total. The summed E-state index contributed by atoms with van der Waals surface area (Å²) in [6, 6.07) is 15.5. The highest BCUT2D eigenvalue weighted by Crippen LogP contribution is 2.22. The number of hydrogen-bond acceptors (Lipinski definition) is 3. The summed E-state index contributed by atoms with van der Waals surface area (Å²) < 4.78 is 1.83. The smallest absolute Gasteiger partial charge is 0.261 e. The molecule has 0 bridgehead atoms. The molecule has 128 valence electrons. The predicted octanol–water partition coefficient (Wildman–Crippen LogP) is 3.40. The van der Waals surface area contributed by atoms with Gasteiger partial charge in [0.05, 0.1) is 17.0 Å². The van der Waals surface area contributed by atoms with Crippen molar-refractivity contribution in [3.8, 4) is 0 Å². The van der Waals surface area contributed by atoms with E-state index in [1.807, 2.05) is 53.1 Å². The first-order valence-electron chi connectivity index (χ1n) is 8.98. The summed E-state index contributed by atoms with van der Waals surface area (Å²) in [4.78, 5) is 17.5. The molecule has 1 unspecified atom stereocenters. The Labute approximate surface area is 146 Å². The Balaban J connectivity index is 1.71. The molecule has 4 heteroatoms. The van der Waals surface area contributed by atoms with Gasteiger partial charge in [0.25, 0.3) is 5.56 Å². The summed E-state index contributed by atoms with van der Waals surface area (Å²) in [7, 11) is 0. The van der Waals surface area contributed by atoms with E-state index in [0.717, 1.165) is 49.2 Å². The van der Waals surface area contributed by atoms with Crippen LogP contribution in [-0.4, -0.2) is 14.7 Å². The van der Waals surface area contributed by atoms with E-state index in [1.165, 1.54) is 0 Å². The third-order valence-electron chi connectivity index (χ3n) is 5.00. The van der Waals surface area contributed by atoms with E-state index < -0.39 is 6.10 Å². The lowest BCUT2D eigenvalue weighted by Gasteiger charge is -2.14. The minimum Gasteiger partial charge on any atom is -0.388 e. The Hall–Kier alpha value is -2.46. The third-order valence-corrected chi connectivity index (χ3v) is 5.00. The van der Waals surface area contributed by atoms with Crippen molar-refractivity contribution < 1.29 is 5.11 Å². The number of aryl methyl sites for hydroxylation is 1. The van der Waals surface area contributed by atoms with E-state index in [4.69, 9.17) is 4.98 Å². The van der Waals surface area contributed by atoms with E-state index in [1.54, 1.807) is 0 Å². The van der Waals surface area contributed by atoms with Gasteiger partial charge in [-0.15, -0.1) is 0 Å². The van der Waals surface area contributed by atoms with Crippen LogP contribution in [0.2, 0.25) is 0 Å². The number of rotatable bonds is 3. The fraction of sp³-hybridized carbons (Fsp3) is 0.333. The first-order chi connectivity index (χ1) is 12.2. The van der Waals surface area contributed by atoms with Gasteiger partial charge in [-0.05, 0) is 36.1 Å². The zero-order chi connectivity index (χ0) is 17.2. The van der Waals surface area contributed by atoms with Crippen molar-refractivity contribution in [2.45, 2.75) is 44.8 Å². The molecule has 25 heavy (non-hydrogen) atoms. The van der Waals surface area contributed by atoms with Gasteiger partial charge in [0, 0.05) is 19.4 Å². The summed E-state index contributed by atoms with van der Waals surface area (Å²) in [5.41, 5.74) is 2.64. The van der Waals surface area contributed by atoms with E-state index in [0.29, 0.717) is 17.3 Å². The number of fused-ring (bicyclic) bond motifs is 2. The topological polar surface area (TPSA) is 55.1 Å². The van der Waals surface area contributed by atoms with Crippen LogP contribution in [0.5, 0.6) is 0 Å². The van der Waals surface area contributed by atoms with Crippen molar-refractivity contribution >= 4 is 10.9 Å². The molecular weight excluding hydrogens is 312 g/mol. The summed E-state index contributed by atoms with van der Waals surface area (Å²) in [6.45, 7) is 0.759. The number of hydrogen-bond donors (Lipinski definition) is 1. The highest BCUT2D eigenvalue weighted by molar-refractivity contribution is 5.78. The van der Waals surface area contributed by atoms with Crippen LogP contribution < -0.4 is 5.56 Å². The maximum Gasteiger partial charge on any atom is 0.261 e. The lowest BCUT2D eigenvalue weighted by Crippen LogP contribution is -2.24. The average Bonchev–Trinajstić information content (AvgIpc) is 2.88. The van der Waals surface area contributed by atoms with Gasteiger partial charge in [-0.3, -0.25) is 9.36 Å². The van der Waals surface area contributed by atoms with Gasteiger partial charge in [-0.1, -0.05) is 42.8 Å². The van der Waals surface area contributed by atoms with E-state index >= 15 is 0 Å². The van der Waals surface area contributed by atoms with Crippen LogP contribution in [0.1, 0.15) is 42.3 Å². The Kier molecular flexibility index (Phi) is 4.36. The van der Waals surface area contributed by atoms with Crippen LogP contribution >= 0.6 is 0 Å². The second kappa shape index (κ2) is 6.81. The maximum absolute atomic E-state index is 12.8. The molecule has 1 aromatic heterocycles. The highest BCUT2D eigenvalue weighted by Gasteiger charge is 2.15. The van der Waals surface area contributed by atoms with Crippen molar-refractivity contribution in [3.05, 3.63) is 75.8 Å². The van der Waals surface area contributed by atoms with Gasteiger partial charge in [0.1, 0.15) is 5.82 Å². The SMILES string of the molecule is O=c1c2ccc(C(O)Cc3ccccc3)cc2nc2n1CCCCC2. The molecule has 1 N–H and O–H groups in total. The van der Waals surface area contributed by atoms with Crippen LogP contribution in [0.4, 0.5) is 0 Å². The van der Waals surface area contributed by atoms with Crippen LogP contribution in [0.25, 0.3) is 10.9 Å². The zero-order valence-electron chi connectivity index (χ0n) is 14.2. The first kappa shape index (κ1) is 16.0. The molecule has 4 rings (SSSR count). The van der Waals surface area contributed by atoms with E-state index in [9.17, 15) is 9.90 Å². The Bertz CT molecular complexity index is 947. The fourth-order valence-corrected chi connectivity index (χ4v) is 3.60. The van der Waals surface area contributed by atoms with Crippen molar-refractivity contribution in [2.24, 2.45) is 0 Å². The van der Waals surface area contributed by atoms with Gasteiger partial charge in [0.2, 0.25) is 0 Å².